The molecule has 1 saturated heterocycles. The van der Waals surface area contributed by atoms with E-state index in [1.165, 1.54) is 17.7 Å². The lowest BCUT2D eigenvalue weighted by Crippen LogP contribution is -2.39. The zero-order valence-electron chi connectivity index (χ0n) is 14.3. The predicted octanol–water partition coefficient (Wildman–Crippen LogP) is 3.16. The SMILES string of the molecule is CN=C(NCc1ccc([N+](=O)[O-])cc1)N1CCC(c2ccccc2)C1. The number of nitrogens with one attached hydrogen (secondary N) is 1. The second kappa shape index (κ2) is 7.79. The molecule has 1 fully saturated rings. The van der Waals surface area contributed by atoms with Gasteiger partial charge in [-0.1, -0.05) is 42.5 Å². The predicted molar refractivity (Wildman–Crippen MR) is 98.7 cm³/mol. The smallest absolute Gasteiger partial charge is 0.269 e. The Morgan fingerprint density at radius 1 is 1.24 bits per heavy atom. The maximum absolute atomic E-state index is 10.7. The Hall–Kier alpha value is -2.89. The number of aliphatic imine (C=N–C) groups is 1. The molecule has 6 heteroatoms. The van der Waals surface area contributed by atoms with E-state index in [0.29, 0.717) is 12.5 Å². The summed E-state index contributed by atoms with van der Waals surface area (Å²) in [5.74, 6) is 1.40. The fourth-order valence-corrected chi connectivity index (χ4v) is 3.20. The van der Waals surface area contributed by atoms with Crippen molar-refractivity contribution in [2.45, 2.75) is 18.9 Å². The number of nitro benzene ring substituents is 1. The molecule has 0 aromatic heterocycles. The highest BCUT2D eigenvalue weighted by atomic mass is 16.6. The second-order valence-corrected chi connectivity index (χ2v) is 6.17. The van der Waals surface area contributed by atoms with Crippen LogP contribution in [0.5, 0.6) is 0 Å². The van der Waals surface area contributed by atoms with E-state index in [9.17, 15) is 10.1 Å². The van der Waals surface area contributed by atoms with Gasteiger partial charge in [0.2, 0.25) is 0 Å². The Labute approximate surface area is 147 Å². The van der Waals surface area contributed by atoms with E-state index in [2.05, 4.69) is 39.5 Å². The van der Waals surface area contributed by atoms with Gasteiger partial charge >= 0.3 is 0 Å². The molecule has 0 radical (unpaired) electrons. The van der Waals surface area contributed by atoms with E-state index >= 15 is 0 Å². The molecule has 1 heterocycles. The molecular formula is C19H22N4O2. The van der Waals surface area contributed by atoms with Crippen molar-refractivity contribution in [2.24, 2.45) is 4.99 Å². The average molecular weight is 338 g/mol. The van der Waals surface area contributed by atoms with Gasteiger partial charge in [0.25, 0.3) is 5.69 Å². The normalized spacial score (nSPS) is 17.6. The molecule has 3 rings (SSSR count). The third-order valence-electron chi connectivity index (χ3n) is 4.57. The van der Waals surface area contributed by atoms with E-state index in [4.69, 9.17) is 0 Å². The van der Waals surface area contributed by atoms with E-state index < -0.39 is 0 Å². The van der Waals surface area contributed by atoms with Crippen LogP contribution in [0, 0.1) is 10.1 Å². The first kappa shape index (κ1) is 17.0. The van der Waals surface area contributed by atoms with E-state index in [1.54, 1.807) is 19.2 Å². The minimum absolute atomic E-state index is 0.110. The van der Waals surface area contributed by atoms with Gasteiger partial charge < -0.3 is 10.2 Å². The summed E-state index contributed by atoms with van der Waals surface area (Å²) in [6.07, 6.45) is 1.11. The molecule has 0 bridgehead atoms. The maximum atomic E-state index is 10.7. The highest BCUT2D eigenvalue weighted by Gasteiger charge is 2.25. The summed E-state index contributed by atoms with van der Waals surface area (Å²) in [5, 5.41) is 14.1. The Balaban J connectivity index is 1.57. The van der Waals surface area contributed by atoms with Gasteiger partial charge in [-0.3, -0.25) is 15.1 Å². The van der Waals surface area contributed by atoms with Crippen molar-refractivity contribution in [1.82, 2.24) is 10.2 Å². The Bertz CT molecular complexity index is 744. The first-order chi connectivity index (χ1) is 12.2. The Kier molecular flexibility index (Phi) is 5.28. The number of hydrogen-bond donors (Lipinski definition) is 1. The Morgan fingerprint density at radius 2 is 1.96 bits per heavy atom. The molecule has 1 aliphatic heterocycles. The van der Waals surface area contributed by atoms with Crippen molar-refractivity contribution >= 4 is 11.6 Å². The molecule has 6 nitrogen and oxygen atoms in total. The number of non-ortho nitro benzene ring substituents is 1. The van der Waals surface area contributed by atoms with E-state index in [1.807, 2.05) is 6.07 Å². The molecule has 130 valence electrons. The fraction of sp³-hybridized carbons (Fsp3) is 0.316. The van der Waals surface area contributed by atoms with Gasteiger partial charge in [0.1, 0.15) is 0 Å². The molecule has 0 saturated carbocycles. The van der Waals surface area contributed by atoms with Gasteiger partial charge in [0.05, 0.1) is 4.92 Å². The molecule has 25 heavy (non-hydrogen) atoms. The minimum Gasteiger partial charge on any atom is -0.352 e. The zero-order valence-corrected chi connectivity index (χ0v) is 14.3. The van der Waals surface area contributed by atoms with Gasteiger partial charge in [-0.05, 0) is 17.5 Å². The highest BCUT2D eigenvalue weighted by molar-refractivity contribution is 5.80. The second-order valence-electron chi connectivity index (χ2n) is 6.17. The van der Waals surface area contributed by atoms with E-state index in [0.717, 1.165) is 31.0 Å². The molecule has 2 aromatic rings. The van der Waals surface area contributed by atoms with Gasteiger partial charge in [-0.25, -0.2) is 0 Å². The minimum atomic E-state index is -0.385. The third-order valence-corrected chi connectivity index (χ3v) is 4.57. The van der Waals surface area contributed by atoms with Crippen molar-refractivity contribution in [2.75, 3.05) is 20.1 Å². The lowest BCUT2D eigenvalue weighted by molar-refractivity contribution is -0.384. The molecule has 1 atom stereocenters. The van der Waals surface area contributed by atoms with Crippen molar-refractivity contribution in [3.05, 3.63) is 75.8 Å². The van der Waals surface area contributed by atoms with Gasteiger partial charge in [0, 0.05) is 44.7 Å². The summed E-state index contributed by atoms with van der Waals surface area (Å²) >= 11 is 0. The molecular weight excluding hydrogens is 316 g/mol. The molecule has 1 N–H and O–H groups in total. The third kappa shape index (κ3) is 4.15. The highest BCUT2D eigenvalue weighted by Crippen LogP contribution is 2.26. The molecule has 2 aromatic carbocycles. The molecule has 0 aliphatic carbocycles. The van der Waals surface area contributed by atoms with Crippen molar-refractivity contribution in [3.8, 4) is 0 Å². The van der Waals surface area contributed by atoms with Crippen LogP contribution in [0.2, 0.25) is 0 Å². The summed E-state index contributed by atoms with van der Waals surface area (Å²) in [6.45, 7) is 2.51. The van der Waals surface area contributed by atoms with Crippen LogP contribution >= 0.6 is 0 Å². The monoisotopic (exact) mass is 338 g/mol. The quantitative estimate of drug-likeness (QED) is 0.402. The zero-order chi connectivity index (χ0) is 17.6. The van der Waals surface area contributed by atoms with Crippen molar-refractivity contribution in [3.63, 3.8) is 0 Å². The number of rotatable bonds is 4. The molecule has 0 amide bonds. The molecule has 0 spiro atoms. The maximum Gasteiger partial charge on any atom is 0.269 e. The van der Waals surface area contributed by atoms with Crippen LogP contribution in [0.15, 0.2) is 59.6 Å². The molecule has 1 aliphatic rings. The standard InChI is InChI=1S/C19H22N4O2/c1-20-19(21-13-15-7-9-18(10-8-15)23(24)25)22-12-11-17(14-22)16-5-3-2-4-6-16/h2-10,17H,11-14H2,1H3,(H,20,21). The van der Waals surface area contributed by atoms with Crippen molar-refractivity contribution in [1.29, 1.82) is 0 Å². The number of benzene rings is 2. The van der Waals surface area contributed by atoms with Crippen LogP contribution in [0.3, 0.4) is 0 Å². The number of likely N-dealkylation sites (tertiary alicyclic amines) is 1. The lowest BCUT2D eigenvalue weighted by atomic mass is 9.99. The summed E-state index contributed by atoms with van der Waals surface area (Å²) < 4.78 is 0. The Morgan fingerprint density at radius 3 is 2.60 bits per heavy atom. The largest absolute Gasteiger partial charge is 0.352 e. The topological polar surface area (TPSA) is 70.8 Å². The van der Waals surface area contributed by atoms with Crippen LogP contribution in [-0.4, -0.2) is 35.9 Å². The summed E-state index contributed by atoms with van der Waals surface area (Å²) in [7, 11) is 1.79. The van der Waals surface area contributed by atoms with Crippen LogP contribution in [0.1, 0.15) is 23.5 Å². The summed E-state index contributed by atoms with van der Waals surface area (Å²) in [6, 6.07) is 17.2. The van der Waals surface area contributed by atoms with E-state index in [-0.39, 0.29) is 10.6 Å². The fourth-order valence-electron chi connectivity index (χ4n) is 3.20. The first-order valence-electron chi connectivity index (χ1n) is 8.41. The van der Waals surface area contributed by atoms with Gasteiger partial charge in [0.15, 0.2) is 5.96 Å². The summed E-state index contributed by atoms with van der Waals surface area (Å²) in [5.41, 5.74) is 2.47. The van der Waals surface area contributed by atoms with Crippen LogP contribution in [0.4, 0.5) is 5.69 Å². The van der Waals surface area contributed by atoms with Gasteiger partial charge in [-0.15, -0.1) is 0 Å². The summed E-state index contributed by atoms with van der Waals surface area (Å²) in [4.78, 5) is 17.0. The number of nitro groups is 1. The van der Waals surface area contributed by atoms with Crippen LogP contribution < -0.4 is 5.32 Å². The average Bonchev–Trinajstić information content (AvgIpc) is 3.13. The van der Waals surface area contributed by atoms with Gasteiger partial charge in [-0.2, -0.15) is 0 Å². The van der Waals surface area contributed by atoms with Crippen molar-refractivity contribution < 1.29 is 4.92 Å². The van der Waals surface area contributed by atoms with Crippen LogP contribution in [-0.2, 0) is 6.54 Å². The van der Waals surface area contributed by atoms with Crippen LogP contribution in [0.25, 0.3) is 0 Å². The number of nitrogens with zero attached hydrogens (tertiary/aromatic N) is 3. The number of hydrogen-bond acceptors (Lipinski definition) is 3. The first-order valence-corrected chi connectivity index (χ1v) is 8.41. The molecule has 1 unspecified atom stereocenters. The lowest BCUT2D eigenvalue weighted by Gasteiger charge is -2.22. The number of guanidine groups is 1.